The van der Waals surface area contributed by atoms with Gasteiger partial charge in [0.15, 0.2) is 0 Å². The van der Waals surface area contributed by atoms with E-state index in [0.29, 0.717) is 17.8 Å². The number of anilines is 1. The largest absolute Gasteiger partial charge is 0.496 e. The van der Waals surface area contributed by atoms with E-state index in [1.165, 1.54) is 0 Å². The second-order valence-corrected chi connectivity index (χ2v) is 4.12. The summed E-state index contributed by atoms with van der Waals surface area (Å²) in [5.41, 5.74) is 7.71. The molecule has 0 aliphatic carbocycles. The Morgan fingerprint density at radius 3 is 2.74 bits per heavy atom. The van der Waals surface area contributed by atoms with Crippen LogP contribution < -0.4 is 15.8 Å². The van der Waals surface area contributed by atoms with Crippen molar-refractivity contribution in [2.45, 2.75) is 6.54 Å². The summed E-state index contributed by atoms with van der Waals surface area (Å²) in [4.78, 5) is 12.0. The molecule has 0 aliphatic heterocycles. The van der Waals surface area contributed by atoms with Crippen molar-refractivity contribution in [3.05, 3.63) is 59.7 Å². The Bertz CT molecular complexity index is 582. The smallest absolute Gasteiger partial charge is 0.251 e. The third kappa shape index (κ3) is 3.25. The number of amides is 1. The third-order valence-corrected chi connectivity index (χ3v) is 2.78. The van der Waals surface area contributed by atoms with Gasteiger partial charge in [-0.25, -0.2) is 0 Å². The molecule has 0 bridgehead atoms. The van der Waals surface area contributed by atoms with Gasteiger partial charge in [0.1, 0.15) is 5.75 Å². The fourth-order valence-corrected chi connectivity index (χ4v) is 1.81. The summed E-state index contributed by atoms with van der Waals surface area (Å²) < 4.78 is 5.23. The SMILES string of the molecule is COc1ccccc1CNC(=O)c1cccc(N)c1. The summed E-state index contributed by atoms with van der Waals surface area (Å²) in [6.07, 6.45) is 0. The molecular formula is C15H16N2O2. The minimum absolute atomic E-state index is 0.154. The summed E-state index contributed by atoms with van der Waals surface area (Å²) in [5.74, 6) is 0.605. The molecule has 0 unspecified atom stereocenters. The maximum absolute atomic E-state index is 12.0. The minimum atomic E-state index is -0.154. The Morgan fingerprint density at radius 2 is 2.00 bits per heavy atom. The lowest BCUT2D eigenvalue weighted by Crippen LogP contribution is -2.23. The molecule has 0 fully saturated rings. The van der Waals surface area contributed by atoms with Crippen molar-refractivity contribution in [3.63, 3.8) is 0 Å². The van der Waals surface area contributed by atoms with Crippen molar-refractivity contribution >= 4 is 11.6 Å². The lowest BCUT2D eigenvalue weighted by Gasteiger charge is -2.09. The summed E-state index contributed by atoms with van der Waals surface area (Å²) in [6.45, 7) is 0.414. The van der Waals surface area contributed by atoms with Gasteiger partial charge in [-0.1, -0.05) is 24.3 Å². The molecule has 4 nitrogen and oxygen atoms in total. The average Bonchev–Trinajstić information content (AvgIpc) is 2.45. The first-order valence-corrected chi connectivity index (χ1v) is 5.96. The monoisotopic (exact) mass is 256 g/mol. The lowest BCUT2D eigenvalue weighted by atomic mass is 10.1. The van der Waals surface area contributed by atoms with Gasteiger partial charge in [-0.05, 0) is 24.3 Å². The highest BCUT2D eigenvalue weighted by Gasteiger charge is 2.07. The Kier molecular flexibility index (Phi) is 4.03. The van der Waals surface area contributed by atoms with Crippen LogP contribution in [0.4, 0.5) is 5.69 Å². The van der Waals surface area contributed by atoms with Gasteiger partial charge in [-0.15, -0.1) is 0 Å². The van der Waals surface area contributed by atoms with E-state index in [1.807, 2.05) is 24.3 Å². The Balaban J connectivity index is 2.04. The number of carbonyl (C=O) groups excluding carboxylic acids is 1. The van der Waals surface area contributed by atoms with Crippen molar-refractivity contribution in [2.75, 3.05) is 12.8 Å². The van der Waals surface area contributed by atoms with E-state index >= 15 is 0 Å². The number of nitrogen functional groups attached to an aromatic ring is 1. The molecule has 0 heterocycles. The van der Waals surface area contributed by atoms with Crippen LogP contribution in [0.5, 0.6) is 5.75 Å². The summed E-state index contributed by atoms with van der Waals surface area (Å²) >= 11 is 0. The van der Waals surface area contributed by atoms with Gasteiger partial charge >= 0.3 is 0 Å². The highest BCUT2D eigenvalue weighted by molar-refractivity contribution is 5.94. The Morgan fingerprint density at radius 1 is 1.21 bits per heavy atom. The van der Waals surface area contributed by atoms with Crippen molar-refractivity contribution < 1.29 is 9.53 Å². The van der Waals surface area contributed by atoms with E-state index in [9.17, 15) is 4.79 Å². The number of methoxy groups -OCH3 is 1. The molecule has 0 aliphatic rings. The Labute approximate surface area is 112 Å². The van der Waals surface area contributed by atoms with Gasteiger partial charge in [0.05, 0.1) is 7.11 Å². The molecule has 0 radical (unpaired) electrons. The first-order chi connectivity index (χ1) is 9.20. The van der Waals surface area contributed by atoms with Crippen LogP contribution in [0.3, 0.4) is 0 Å². The molecule has 2 aromatic carbocycles. The molecule has 1 amide bonds. The van der Waals surface area contributed by atoms with Crippen molar-refractivity contribution in [1.29, 1.82) is 0 Å². The minimum Gasteiger partial charge on any atom is -0.496 e. The predicted molar refractivity (Wildman–Crippen MR) is 75.0 cm³/mol. The molecule has 2 rings (SSSR count). The molecule has 3 N–H and O–H groups in total. The van der Waals surface area contributed by atoms with Crippen LogP contribution in [0.15, 0.2) is 48.5 Å². The number of rotatable bonds is 4. The van der Waals surface area contributed by atoms with E-state index in [1.54, 1.807) is 31.4 Å². The topological polar surface area (TPSA) is 64.3 Å². The van der Waals surface area contributed by atoms with Gasteiger partial charge in [-0.3, -0.25) is 4.79 Å². The summed E-state index contributed by atoms with van der Waals surface area (Å²) in [6, 6.07) is 14.5. The number of para-hydroxylation sites is 1. The molecule has 0 aromatic heterocycles. The van der Waals surface area contributed by atoms with Crippen LogP contribution in [0.25, 0.3) is 0 Å². The summed E-state index contributed by atoms with van der Waals surface area (Å²) in [7, 11) is 1.61. The fourth-order valence-electron chi connectivity index (χ4n) is 1.81. The average molecular weight is 256 g/mol. The zero-order chi connectivity index (χ0) is 13.7. The fraction of sp³-hybridized carbons (Fsp3) is 0.133. The molecule has 0 atom stereocenters. The maximum Gasteiger partial charge on any atom is 0.251 e. The zero-order valence-electron chi connectivity index (χ0n) is 10.7. The predicted octanol–water partition coefficient (Wildman–Crippen LogP) is 2.21. The number of ether oxygens (including phenoxy) is 1. The highest BCUT2D eigenvalue weighted by atomic mass is 16.5. The van der Waals surface area contributed by atoms with Gasteiger partial charge < -0.3 is 15.8 Å². The standard InChI is InChI=1S/C15H16N2O2/c1-19-14-8-3-2-5-12(14)10-17-15(18)11-6-4-7-13(16)9-11/h2-9H,10,16H2,1H3,(H,17,18). The highest BCUT2D eigenvalue weighted by Crippen LogP contribution is 2.17. The number of nitrogens with one attached hydrogen (secondary N) is 1. The van der Waals surface area contributed by atoms with E-state index in [0.717, 1.165) is 11.3 Å². The van der Waals surface area contributed by atoms with Crippen LogP contribution >= 0.6 is 0 Å². The summed E-state index contributed by atoms with van der Waals surface area (Å²) in [5, 5.41) is 2.84. The van der Waals surface area contributed by atoms with Crippen LogP contribution in [0, 0.1) is 0 Å². The second-order valence-electron chi connectivity index (χ2n) is 4.12. The van der Waals surface area contributed by atoms with Crippen LogP contribution in [0.1, 0.15) is 15.9 Å². The number of hydrogen-bond acceptors (Lipinski definition) is 3. The normalized spacial score (nSPS) is 9.95. The molecular weight excluding hydrogens is 240 g/mol. The first-order valence-electron chi connectivity index (χ1n) is 5.96. The third-order valence-electron chi connectivity index (χ3n) is 2.78. The number of nitrogens with two attached hydrogens (primary N) is 1. The Hall–Kier alpha value is -2.49. The molecule has 0 spiro atoms. The van der Waals surface area contributed by atoms with Gasteiger partial charge in [-0.2, -0.15) is 0 Å². The van der Waals surface area contributed by atoms with Crippen LogP contribution in [0.2, 0.25) is 0 Å². The van der Waals surface area contributed by atoms with Crippen molar-refractivity contribution in [2.24, 2.45) is 0 Å². The van der Waals surface area contributed by atoms with E-state index < -0.39 is 0 Å². The molecule has 0 saturated heterocycles. The lowest BCUT2D eigenvalue weighted by molar-refractivity contribution is 0.0950. The first kappa shape index (κ1) is 13.0. The van der Waals surface area contributed by atoms with Gasteiger partial charge in [0.25, 0.3) is 5.91 Å². The number of benzene rings is 2. The quantitative estimate of drug-likeness (QED) is 0.824. The van der Waals surface area contributed by atoms with Gasteiger partial charge in [0, 0.05) is 23.4 Å². The number of hydrogen-bond donors (Lipinski definition) is 2. The molecule has 4 heteroatoms. The molecule has 0 saturated carbocycles. The van der Waals surface area contributed by atoms with E-state index in [4.69, 9.17) is 10.5 Å². The number of carbonyl (C=O) groups is 1. The second kappa shape index (κ2) is 5.91. The van der Waals surface area contributed by atoms with Crippen LogP contribution in [-0.2, 0) is 6.54 Å². The molecule has 19 heavy (non-hydrogen) atoms. The van der Waals surface area contributed by atoms with Crippen molar-refractivity contribution in [3.8, 4) is 5.75 Å². The molecule has 2 aromatic rings. The zero-order valence-corrected chi connectivity index (χ0v) is 10.7. The van der Waals surface area contributed by atoms with E-state index in [-0.39, 0.29) is 5.91 Å². The van der Waals surface area contributed by atoms with Gasteiger partial charge in [0.2, 0.25) is 0 Å². The molecule has 98 valence electrons. The van der Waals surface area contributed by atoms with Crippen LogP contribution in [-0.4, -0.2) is 13.0 Å². The van der Waals surface area contributed by atoms with E-state index in [2.05, 4.69) is 5.32 Å². The van der Waals surface area contributed by atoms with Crippen molar-refractivity contribution in [1.82, 2.24) is 5.32 Å². The maximum atomic E-state index is 12.0.